The van der Waals surface area contributed by atoms with Crippen LogP contribution in [-0.2, 0) is 13.1 Å². The zero-order valence-electron chi connectivity index (χ0n) is 18.5. The zero-order chi connectivity index (χ0) is 21.6. The van der Waals surface area contributed by atoms with Crippen LogP contribution in [0.2, 0.25) is 0 Å². The van der Waals surface area contributed by atoms with Crippen molar-refractivity contribution in [2.24, 2.45) is 0 Å². The molecule has 1 heterocycles. The summed E-state index contributed by atoms with van der Waals surface area (Å²) >= 11 is 0. The fraction of sp³-hybridized carbons (Fsp3) is 0.296. The summed E-state index contributed by atoms with van der Waals surface area (Å²) in [6, 6.07) is 24.9. The molecule has 4 nitrogen and oxygen atoms in total. The topological polar surface area (TPSA) is 35.6 Å². The largest absolute Gasteiger partial charge is 0.369 e. The van der Waals surface area contributed by atoms with Crippen LogP contribution >= 0.6 is 0 Å². The molecule has 0 aromatic heterocycles. The first-order valence-electron chi connectivity index (χ1n) is 11.0. The second kappa shape index (κ2) is 9.80. The molecule has 0 radical (unpaired) electrons. The van der Waals surface area contributed by atoms with E-state index in [9.17, 15) is 4.79 Å². The third kappa shape index (κ3) is 5.33. The number of amides is 1. The van der Waals surface area contributed by atoms with Gasteiger partial charge in [-0.2, -0.15) is 0 Å². The predicted octanol–water partition coefficient (Wildman–Crippen LogP) is 4.56. The van der Waals surface area contributed by atoms with Crippen LogP contribution in [0.5, 0.6) is 0 Å². The summed E-state index contributed by atoms with van der Waals surface area (Å²) in [4.78, 5) is 17.6. The van der Waals surface area contributed by atoms with Gasteiger partial charge >= 0.3 is 0 Å². The van der Waals surface area contributed by atoms with E-state index < -0.39 is 0 Å². The number of benzene rings is 3. The third-order valence-electron chi connectivity index (χ3n) is 6.21. The van der Waals surface area contributed by atoms with Crippen molar-refractivity contribution in [3.63, 3.8) is 0 Å². The number of hydrogen-bond acceptors (Lipinski definition) is 3. The maximum absolute atomic E-state index is 12.6. The van der Waals surface area contributed by atoms with E-state index in [2.05, 4.69) is 70.6 Å². The van der Waals surface area contributed by atoms with Crippen molar-refractivity contribution < 1.29 is 4.79 Å². The maximum Gasteiger partial charge on any atom is 0.251 e. The Morgan fingerprint density at radius 1 is 0.806 bits per heavy atom. The van der Waals surface area contributed by atoms with Crippen molar-refractivity contribution in [3.05, 3.63) is 101 Å². The highest BCUT2D eigenvalue weighted by molar-refractivity contribution is 5.94. The molecule has 0 unspecified atom stereocenters. The maximum atomic E-state index is 12.6. The van der Waals surface area contributed by atoms with Gasteiger partial charge in [-0.3, -0.25) is 9.69 Å². The highest BCUT2D eigenvalue weighted by atomic mass is 16.1. The van der Waals surface area contributed by atoms with Crippen LogP contribution in [-0.4, -0.2) is 37.0 Å². The van der Waals surface area contributed by atoms with E-state index in [-0.39, 0.29) is 5.91 Å². The summed E-state index contributed by atoms with van der Waals surface area (Å²) < 4.78 is 0. The highest BCUT2D eigenvalue weighted by Crippen LogP contribution is 2.18. The van der Waals surface area contributed by atoms with Gasteiger partial charge in [0.15, 0.2) is 0 Å². The van der Waals surface area contributed by atoms with Gasteiger partial charge in [-0.05, 0) is 60.4 Å². The van der Waals surface area contributed by atoms with Gasteiger partial charge < -0.3 is 10.2 Å². The fourth-order valence-corrected chi connectivity index (χ4v) is 4.09. The summed E-state index contributed by atoms with van der Waals surface area (Å²) in [6.45, 7) is 9.72. The van der Waals surface area contributed by atoms with E-state index in [0.717, 1.165) is 43.9 Å². The van der Waals surface area contributed by atoms with Crippen LogP contribution in [0.1, 0.15) is 32.6 Å². The number of carbonyl (C=O) groups is 1. The van der Waals surface area contributed by atoms with Gasteiger partial charge in [0.1, 0.15) is 0 Å². The molecule has 160 valence electrons. The minimum absolute atomic E-state index is 0.0191. The predicted molar refractivity (Wildman–Crippen MR) is 127 cm³/mol. The number of carbonyl (C=O) groups excluding carboxylic acids is 1. The Morgan fingerprint density at radius 2 is 1.48 bits per heavy atom. The highest BCUT2D eigenvalue weighted by Gasteiger charge is 2.18. The quantitative estimate of drug-likeness (QED) is 0.644. The molecule has 0 aliphatic carbocycles. The minimum atomic E-state index is -0.0191. The molecule has 1 saturated heterocycles. The van der Waals surface area contributed by atoms with Crippen molar-refractivity contribution in [2.45, 2.75) is 26.9 Å². The van der Waals surface area contributed by atoms with E-state index >= 15 is 0 Å². The average molecular weight is 414 g/mol. The fourth-order valence-electron chi connectivity index (χ4n) is 4.09. The van der Waals surface area contributed by atoms with Gasteiger partial charge in [0, 0.05) is 50.5 Å². The van der Waals surface area contributed by atoms with Crippen molar-refractivity contribution in [1.29, 1.82) is 0 Å². The average Bonchev–Trinajstić information content (AvgIpc) is 2.81. The number of nitrogens with zero attached hydrogens (tertiary/aromatic N) is 2. The molecule has 4 rings (SSSR count). The lowest BCUT2D eigenvalue weighted by Crippen LogP contribution is -2.46. The van der Waals surface area contributed by atoms with Gasteiger partial charge in [-0.25, -0.2) is 0 Å². The molecule has 0 saturated carbocycles. The van der Waals surface area contributed by atoms with Gasteiger partial charge in [0.25, 0.3) is 5.91 Å². The van der Waals surface area contributed by atoms with Crippen LogP contribution < -0.4 is 10.2 Å². The number of piperazine rings is 1. The molecule has 1 aliphatic heterocycles. The standard InChI is InChI=1S/C27H31N3O/c1-21-12-13-23(18-22(21)2)27(31)28-19-24-8-6-7-9-25(24)20-29-14-16-30(17-15-29)26-10-4-3-5-11-26/h3-13,18H,14-17,19-20H2,1-2H3,(H,28,31). The zero-order valence-corrected chi connectivity index (χ0v) is 18.5. The van der Waals surface area contributed by atoms with Crippen LogP contribution in [0.25, 0.3) is 0 Å². The summed E-state index contributed by atoms with van der Waals surface area (Å²) in [5.74, 6) is -0.0191. The lowest BCUT2D eigenvalue weighted by molar-refractivity contribution is 0.0950. The molecule has 4 heteroatoms. The molecular formula is C27H31N3O. The molecule has 1 aliphatic rings. The summed E-state index contributed by atoms with van der Waals surface area (Å²) in [5.41, 5.74) is 6.84. The summed E-state index contributed by atoms with van der Waals surface area (Å²) in [7, 11) is 0. The van der Waals surface area contributed by atoms with E-state index in [1.807, 2.05) is 31.2 Å². The van der Waals surface area contributed by atoms with Gasteiger partial charge in [-0.1, -0.05) is 48.5 Å². The minimum Gasteiger partial charge on any atom is -0.369 e. The van der Waals surface area contributed by atoms with Gasteiger partial charge in [0.2, 0.25) is 0 Å². The van der Waals surface area contributed by atoms with Gasteiger partial charge in [-0.15, -0.1) is 0 Å². The number of hydrogen-bond donors (Lipinski definition) is 1. The molecule has 31 heavy (non-hydrogen) atoms. The second-order valence-electron chi connectivity index (χ2n) is 8.35. The van der Waals surface area contributed by atoms with Gasteiger partial charge in [0.05, 0.1) is 0 Å². The van der Waals surface area contributed by atoms with E-state index in [0.29, 0.717) is 6.54 Å². The van der Waals surface area contributed by atoms with Crippen LogP contribution in [0, 0.1) is 13.8 Å². The molecular weight excluding hydrogens is 382 g/mol. The smallest absolute Gasteiger partial charge is 0.251 e. The molecule has 1 N–H and O–H groups in total. The van der Waals surface area contributed by atoms with Crippen LogP contribution in [0.4, 0.5) is 5.69 Å². The number of para-hydroxylation sites is 1. The van der Waals surface area contributed by atoms with E-state index in [1.54, 1.807) is 0 Å². The van der Waals surface area contributed by atoms with E-state index in [4.69, 9.17) is 0 Å². The first kappa shape index (κ1) is 21.1. The number of nitrogens with one attached hydrogen (secondary N) is 1. The molecule has 3 aromatic carbocycles. The Balaban J connectivity index is 1.34. The number of aryl methyl sites for hydroxylation is 2. The Bertz CT molecular complexity index is 1020. The van der Waals surface area contributed by atoms with Crippen LogP contribution in [0.3, 0.4) is 0 Å². The van der Waals surface area contributed by atoms with Crippen molar-refractivity contribution in [3.8, 4) is 0 Å². The second-order valence-corrected chi connectivity index (χ2v) is 8.35. The third-order valence-corrected chi connectivity index (χ3v) is 6.21. The molecule has 0 spiro atoms. The Hall–Kier alpha value is -3.11. The van der Waals surface area contributed by atoms with Crippen molar-refractivity contribution >= 4 is 11.6 Å². The normalized spacial score (nSPS) is 14.5. The number of rotatable bonds is 6. The first-order chi connectivity index (χ1) is 15.1. The Labute approximate surface area is 185 Å². The first-order valence-corrected chi connectivity index (χ1v) is 11.0. The Morgan fingerprint density at radius 3 is 2.19 bits per heavy atom. The number of anilines is 1. The molecule has 3 aromatic rings. The Kier molecular flexibility index (Phi) is 6.68. The SMILES string of the molecule is Cc1ccc(C(=O)NCc2ccccc2CN2CCN(c3ccccc3)CC2)cc1C. The lowest BCUT2D eigenvalue weighted by Gasteiger charge is -2.36. The van der Waals surface area contributed by atoms with Crippen molar-refractivity contribution in [1.82, 2.24) is 10.2 Å². The van der Waals surface area contributed by atoms with Crippen molar-refractivity contribution in [2.75, 3.05) is 31.1 Å². The lowest BCUT2D eigenvalue weighted by atomic mass is 10.0. The molecule has 0 atom stereocenters. The summed E-state index contributed by atoms with van der Waals surface area (Å²) in [5, 5.41) is 3.10. The molecule has 0 bridgehead atoms. The monoisotopic (exact) mass is 413 g/mol. The van der Waals surface area contributed by atoms with E-state index in [1.165, 1.54) is 22.4 Å². The molecule has 1 fully saturated rings. The van der Waals surface area contributed by atoms with Crippen LogP contribution in [0.15, 0.2) is 72.8 Å². The summed E-state index contributed by atoms with van der Waals surface area (Å²) in [6.07, 6.45) is 0. The molecule has 1 amide bonds.